The van der Waals surface area contributed by atoms with Crippen LogP contribution in [0.1, 0.15) is 18.7 Å². The van der Waals surface area contributed by atoms with E-state index in [1.54, 1.807) is 0 Å². The number of aryl methyl sites for hydroxylation is 3. The third-order valence-corrected chi connectivity index (χ3v) is 2.48. The molecule has 0 N–H and O–H groups in total. The van der Waals surface area contributed by atoms with Crippen molar-refractivity contribution < 1.29 is 0 Å². The Bertz CT molecular complexity index is 388. The summed E-state index contributed by atoms with van der Waals surface area (Å²) in [5, 5.41) is 0. The maximum absolute atomic E-state index is 4.07. The maximum Gasteiger partial charge on any atom is 0.109 e. The van der Waals surface area contributed by atoms with Gasteiger partial charge in [-0.2, -0.15) is 0 Å². The summed E-state index contributed by atoms with van der Waals surface area (Å²) in [5.74, 6) is 1.04. The van der Waals surface area contributed by atoms with E-state index in [0.29, 0.717) is 0 Å². The average Bonchev–Trinajstić information content (AvgIpc) is 2.85. The van der Waals surface area contributed by atoms with Gasteiger partial charge in [0.15, 0.2) is 0 Å². The van der Waals surface area contributed by atoms with Crippen molar-refractivity contribution in [2.45, 2.75) is 32.9 Å². The molecule has 15 heavy (non-hydrogen) atoms. The first kappa shape index (κ1) is 9.96. The van der Waals surface area contributed by atoms with E-state index in [4.69, 9.17) is 0 Å². The van der Waals surface area contributed by atoms with Crippen LogP contribution < -0.4 is 0 Å². The van der Waals surface area contributed by atoms with Crippen molar-refractivity contribution in [3.05, 3.63) is 36.9 Å². The molecule has 0 bridgehead atoms. The molecule has 2 aromatic rings. The van der Waals surface area contributed by atoms with Gasteiger partial charge in [0.05, 0.1) is 6.33 Å². The molecule has 0 saturated carbocycles. The Labute approximate surface area is 89.6 Å². The van der Waals surface area contributed by atoms with Crippen molar-refractivity contribution in [1.82, 2.24) is 19.1 Å². The van der Waals surface area contributed by atoms with E-state index in [1.165, 1.54) is 0 Å². The monoisotopic (exact) mass is 203 g/mol. The summed E-state index contributed by atoms with van der Waals surface area (Å²) in [5.41, 5.74) is 0. The minimum absolute atomic E-state index is 1.02. The normalized spacial score (nSPS) is 10.7. The Morgan fingerprint density at radius 2 is 2.20 bits per heavy atom. The van der Waals surface area contributed by atoms with Gasteiger partial charge in [0, 0.05) is 31.7 Å². The van der Waals surface area contributed by atoms with Gasteiger partial charge in [-0.3, -0.25) is 0 Å². The molecular formula is C11H15N4. The third-order valence-electron chi connectivity index (χ3n) is 2.48. The lowest BCUT2D eigenvalue weighted by Gasteiger charge is -2.05. The van der Waals surface area contributed by atoms with Crippen molar-refractivity contribution in [3.63, 3.8) is 0 Å². The zero-order valence-corrected chi connectivity index (χ0v) is 8.93. The fraction of sp³-hybridized carbons (Fsp3) is 0.455. The molecule has 0 amide bonds. The van der Waals surface area contributed by atoms with E-state index in [9.17, 15) is 0 Å². The first-order valence-corrected chi connectivity index (χ1v) is 5.22. The van der Waals surface area contributed by atoms with Gasteiger partial charge in [-0.25, -0.2) is 9.97 Å². The lowest BCUT2D eigenvalue weighted by atomic mass is 10.3. The van der Waals surface area contributed by atoms with E-state index in [2.05, 4.69) is 25.3 Å². The molecule has 0 fully saturated rings. The van der Waals surface area contributed by atoms with Crippen LogP contribution in [0.4, 0.5) is 0 Å². The first-order chi connectivity index (χ1) is 7.36. The second-order valence-corrected chi connectivity index (χ2v) is 3.62. The van der Waals surface area contributed by atoms with Gasteiger partial charge in [0.2, 0.25) is 0 Å². The molecule has 2 aromatic heterocycles. The summed E-state index contributed by atoms with van der Waals surface area (Å²) in [6.07, 6.45) is 12.7. The Morgan fingerprint density at radius 1 is 1.33 bits per heavy atom. The molecule has 0 unspecified atom stereocenters. The molecule has 0 aliphatic rings. The lowest BCUT2D eigenvalue weighted by Crippen LogP contribution is -2.01. The van der Waals surface area contributed by atoms with E-state index < -0.39 is 0 Å². The molecule has 0 aliphatic carbocycles. The topological polar surface area (TPSA) is 35.6 Å². The zero-order chi connectivity index (χ0) is 10.5. The Balaban J connectivity index is 1.70. The number of hydrogen-bond acceptors (Lipinski definition) is 2. The van der Waals surface area contributed by atoms with Gasteiger partial charge in [-0.05, 0) is 19.8 Å². The summed E-state index contributed by atoms with van der Waals surface area (Å²) in [6.45, 7) is 4.07. The minimum Gasteiger partial charge on any atom is -0.337 e. The lowest BCUT2D eigenvalue weighted by molar-refractivity contribution is 0.546. The Morgan fingerprint density at radius 3 is 2.87 bits per heavy atom. The molecule has 0 aromatic carbocycles. The van der Waals surface area contributed by atoms with Crippen LogP contribution in [0, 0.1) is 13.1 Å². The number of imidazole rings is 2. The number of rotatable bonds is 5. The first-order valence-electron chi connectivity index (χ1n) is 5.22. The molecule has 0 spiro atoms. The average molecular weight is 203 g/mol. The fourth-order valence-corrected chi connectivity index (χ4v) is 1.57. The van der Waals surface area contributed by atoms with Crippen molar-refractivity contribution in [3.8, 4) is 0 Å². The fourth-order valence-electron chi connectivity index (χ4n) is 1.57. The van der Waals surface area contributed by atoms with Crippen LogP contribution in [0.15, 0.2) is 24.9 Å². The minimum atomic E-state index is 1.02. The van der Waals surface area contributed by atoms with Crippen LogP contribution in [-0.4, -0.2) is 19.1 Å². The van der Waals surface area contributed by atoms with Crippen molar-refractivity contribution in [2.75, 3.05) is 0 Å². The van der Waals surface area contributed by atoms with Crippen LogP contribution in [0.3, 0.4) is 0 Å². The number of unbranched alkanes of at least 4 members (excludes halogenated alkanes) is 1. The Hall–Kier alpha value is -1.58. The molecule has 2 heterocycles. The molecule has 2 rings (SSSR count). The van der Waals surface area contributed by atoms with Gasteiger partial charge in [-0.1, -0.05) is 0 Å². The van der Waals surface area contributed by atoms with E-state index in [-0.39, 0.29) is 0 Å². The van der Waals surface area contributed by atoms with Crippen molar-refractivity contribution in [2.24, 2.45) is 0 Å². The SMILES string of the molecule is Cc1n[c]cn1CCCCn1ccnc1. The van der Waals surface area contributed by atoms with Crippen molar-refractivity contribution >= 4 is 0 Å². The summed E-state index contributed by atoms with van der Waals surface area (Å²) in [7, 11) is 0. The molecular weight excluding hydrogens is 188 g/mol. The van der Waals surface area contributed by atoms with Crippen molar-refractivity contribution in [1.29, 1.82) is 0 Å². The highest BCUT2D eigenvalue weighted by atomic mass is 15.1. The molecule has 0 aliphatic heterocycles. The second kappa shape index (κ2) is 4.77. The predicted octanol–water partition coefficient (Wildman–Crippen LogP) is 1.67. The summed E-state index contributed by atoms with van der Waals surface area (Å²) in [4.78, 5) is 8.08. The molecule has 0 atom stereocenters. The largest absolute Gasteiger partial charge is 0.337 e. The number of hydrogen-bond donors (Lipinski definition) is 0. The number of nitrogens with zero attached hydrogens (tertiary/aromatic N) is 4. The summed E-state index contributed by atoms with van der Waals surface area (Å²) >= 11 is 0. The molecule has 4 nitrogen and oxygen atoms in total. The summed E-state index contributed by atoms with van der Waals surface area (Å²) in [6, 6.07) is 0. The van der Waals surface area contributed by atoms with Gasteiger partial charge in [0.25, 0.3) is 0 Å². The van der Waals surface area contributed by atoms with Gasteiger partial charge in [-0.15, -0.1) is 0 Å². The van der Waals surface area contributed by atoms with Gasteiger partial charge < -0.3 is 9.13 Å². The molecule has 0 saturated heterocycles. The second-order valence-electron chi connectivity index (χ2n) is 3.62. The molecule has 79 valence electrons. The van der Waals surface area contributed by atoms with E-state index in [1.807, 2.05) is 31.8 Å². The number of aromatic nitrogens is 4. The summed E-state index contributed by atoms with van der Waals surface area (Å²) < 4.78 is 4.24. The van der Waals surface area contributed by atoms with E-state index in [0.717, 1.165) is 31.8 Å². The highest BCUT2D eigenvalue weighted by Gasteiger charge is 1.96. The highest BCUT2D eigenvalue weighted by molar-refractivity contribution is 4.86. The van der Waals surface area contributed by atoms with Crippen LogP contribution >= 0.6 is 0 Å². The standard InChI is InChI=1S/C11H15N4/c1-11-13-5-9-15(11)7-3-2-6-14-8-4-12-10-14/h4,8-10H,2-3,6-7H2,1H3. The van der Waals surface area contributed by atoms with Gasteiger partial charge >= 0.3 is 0 Å². The molecule has 1 radical (unpaired) electrons. The van der Waals surface area contributed by atoms with Crippen LogP contribution in [0.2, 0.25) is 0 Å². The van der Waals surface area contributed by atoms with Crippen LogP contribution in [0.5, 0.6) is 0 Å². The maximum atomic E-state index is 4.07. The zero-order valence-electron chi connectivity index (χ0n) is 8.93. The highest BCUT2D eigenvalue weighted by Crippen LogP contribution is 2.01. The third kappa shape index (κ3) is 2.68. The molecule has 4 heteroatoms. The van der Waals surface area contributed by atoms with Crippen LogP contribution in [0.25, 0.3) is 0 Å². The van der Waals surface area contributed by atoms with Crippen LogP contribution in [-0.2, 0) is 13.1 Å². The van der Waals surface area contributed by atoms with Gasteiger partial charge in [0.1, 0.15) is 12.0 Å². The smallest absolute Gasteiger partial charge is 0.109 e. The van der Waals surface area contributed by atoms with E-state index >= 15 is 0 Å². The Kier molecular flexibility index (Phi) is 3.17. The quantitative estimate of drug-likeness (QED) is 0.693. The predicted molar refractivity (Wildman–Crippen MR) is 57.3 cm³/mol.